The zero-order valence-electron chi connectivity index (χ0n) is 13.5. The van der Waals surface area contributed by atoms with Crippen molar-refractivity contribution in [3.05, 3.63) is 68.7 Å². The molecule has 1 amide bonds. The van der Waals surface area contributed by atoms with E-state index < -0.39 is 4.92 Å². The highest BCUT2D eigenvalue weighted by Gasteiger charge is 2.13. The number of halogens is 1. The minimum atomic E-state index is -0.535. The molecule has 6 nitrogen and oxygen atoms in total. The van der Waals surface area contributed by atoms with Crippen molar-refractivity contribution < 1.29 is 9.72 Å². The third kappa shape index (κ3) is 5.04. The Balaban J connectivity index is 1.92. The quantitative estimate of drug-likeness (QED) is 0.639. The largest absolute Gasteiger partial charge is 0.324 e. The Morgan fingerprint density at radius 2 is 1.92 bits per heavy atom. The van der Waals surface area contributed by atoms with E-state index in [-0.39, 0.29) is 23.2 Å². The van der Waals surface area contributed by atoms with Gasteiger partial charge in [-0.1, -0.05) is 41.4 Å². The first kappa shape index (κ1) is 17.9. The lowest BCUT2D eigenvalue weighted by molar-refractivity contribution is -0.384. The van der Waals surface area contributed by atoms with Crippen LogP contribution in [0.2, 0.25) is 5.02 Å². The van der Waals surface area contributed by atoms with Crippen LogP contribution in [0.1, 0.15) is 11.1 Å². The molecule has 24 heavy (non-hydrogen) atoms. The van der Waals surface area contributed by atoms with E-state index in [1.807, 2.05) is 43.1 Å². The minimum Gasteiger partial charge on any atom is -0.324 e. The number of aryl methyl sites for hydroxylation is 1. The van der Waals surface area contributed by atoms with Crippen LogP contribution < -0.4 is 5.32 Å². The van der Waals surface area contributed by atoms with Crippen LogP contribution in [0.25, 0.3) is 0 Å². The third-order valence-electron chi connectivity index (χ3n) is 3.42. The molecule has 0 aromatic heterocycles. The standard InChI is InChI=1S/C17H18ClN3O3/c1-12-3-5-13(6-4-12)10-20(2)11-17(22)19-16-8-7-14(21(23)24)9-15(16)18/h3-9H,10-11H2,1-2H3,(H,19,22). The van der Waals surface area contributed by atoms with E-state index in [1.54, 1.807) is 0 Å². The molecule has 0 fully saturated rings. The van der Waals surface area contributed by atoms with Crippen molar-refractivity contribution >= 4 is 28.9 Å². The van der Waals surface area contributed by atoms with Gasteiger partial charge < -0.3 is 5.32 Å². The normalized spacial score (nSPS) is 10.7. The van der Waals surface area contributed by atoms with Gasteiger partial charge in [-0.15, -0.1) is 0 Å². The lowest BCUT2D eigenvalue weighted by atomic mass is 10.1. The van der Waals surface area contributed by atoms with Crippen molar-refractivity contribution in [1.29, 1.82) is 0 Å². The van der Waals surface area contributed by atoms with Gasteiger partial charge >= 0.3 is 0 Å². The maximum Gasteiger partial charge on any atom is 0.271 e. The first-order valence-corrected chi connectivity index (χ1v) is 7.71. The molecule has 0 saturated carbocycles. The summed E-state index contributed by atoms with van der Waals surface area (Å²) in [5, 5.41) is 13.5. The predicted molar refractivity (Wildman–Crippen MR) is 94.2 cm³/mol. The van der Waals surface area contributed by atoms with Crippen LogP contribution in [-0.4, -0.2) is 29.3 Å². The molecule has 2 aromatic carbocycles. The Morgan fingerprint density at radius 1 is 1.25 bits per heavy atom. The van der Waals surface area contributed by atoms with Crippen LogP contribution in [-0.2, 0) is 11.3 Å². The highest BCUT2D eigenvalue weighted by Crippen LogP contribution is 2.26. The Morgan fingerprint density at radius 3 is 2.50 bits per heavy atom. The molecule has 0 unspecified atom stereocenters. The number of hydrogen-bond acceptors (Lipinski definition) is 4. The van der Waals surface area contributed by atoms with Gasteiger partial charge in [0.2, 0.25) is 5.91 Å². The fourth-order valence-electron chi connectivity index (χ4n) is 2.21. The molecular weight excluding hydrogens is 330 g/mol. The Hall–Kier alpha value is -2.44. The first-order valence-electron chi connectivity index (χ1n) is 7.33. The third-order valence-corrected chi connectivity index (χ3v) is 3.74. The molecule has 0 saturated heterocycles. The van der Waals surface area contributed by atoms with Gasteiger partial charge in [0.1, 0.15) is 0 Å². The van der Waals surface area contributed by atoms with Gasteiger partial charge in [0.05, 0.1) is 22.2 Å². The molecule has 0 aliphatic carbocycles. The summed E-state index contributed by atoms with van der Waals surface area (Å²) in [5.74, 6) is -0.236. The van der Waals surface area contributed by atoms with E-state index in [2.05, 4.69) is 5.32 Å². The summed E-state index contributed by atoms with van der Waals surface area (Å²) >= 11 is 5.97. The van der Waals surface area contributed by atoms with E-state index in [1.165, 1.54) is 23.8 Å². The molecule has 0 atom stereocenters. The van der Waals surface area contributed by atoms with Crippen LogP contribution in [0.4, 0.5) is 11.4 Å². The summed E-state index contributed by atoms with van der Waals surface area (Å²) in [6.45, 7) is 2.85. The number of hydrogen-bond donors (Lipinski definition) is 1. The van der Waals surface area contributed by atoms with Crippen molar-refractivity contribution in [2.24, 2.45) is 0 Å². The summed E-state index contributed by atoms with van der Waals surface area (Å²) in [6, 6.07) is 12.1. The van der Waals surface area contributed by atoms with Crippen molar-refractivity contribution in [1.82, 2.24) is 4.90 Å². The number of nitro benzene ring substituents is 1. The Labute approximate surface area is 145 Å². The highest BCUT2D eigenvalue weighted by atomic mass is 35.5. The van der Waals surface area contributed by atoms with Gasteiger partial charge in [-0.25, -0.2) is 0 Å². The van der Waals surface area contributed by atoms with Crippen LogP contribution in [0.15, 0.2) is 42.5 Å². The van der Waals surface area contributed by atoms with E-state index in [9.17, 15) is 14.9 Å². The predicted octanol–water partition coefficient (Wildman–Crippen LogP) is 3.63. The number of anilines is 1. The topological polar surface area (TPSA) is 75.5 Å². The molecule has 0 bridgehead atoms. The molecule has 0 aliphatic heterocycles. The van der Waals surface area contributed by atoms with E-state index in [4.69, 9.17) is 11.6 Å². The second kappa shape index (κ2) is 7.90. The Bertz CT molecular complexity index is 747. The average molecular weight is 348 g/mol. The summed E-state index contributed by atoms with van der Waals surface area (Å²) < 4.78 is 0. The van der Waals surface area contributed by atoms with Gasteiger partial charge in [0, 0.05) is 18.7 Å². The van der Waals surface area contributed by atoms with Crippen molar-refractivity contribution in [3.8, 4) is 0 Å². The Kier molecular flexibility index (Phi) is 5.89. The second-order valence-electron chi connectivity index (χ2n) is 5.63. The van der Waals surface area contributed by atoms with Gasteiger partial charge in [-0.2, -0.15) is 0 Å². The molecule has 2 rings (SSSR count). The van der Waals surface area contributed by atoms with Crippen molar-refractivity contribution in [3.63, 3.8) is 0 Å². The van der Waals surface area contributed by atoms with Crippen LogP contribution in [0.5, 0.6) is 0 Å². The van der Waals surface area contributed by atoms with Crippen LogP contribution in [0, 0.1) is 17.0 Å². The maximum absolute atomic E-state index is 12.1. The highest BCUT2D eigenvalue weighted by molar-refractivity contribution is 6.34. The number of carbonyl (C=O) groups excluding carboxylic acids is 1. The van der Waals surface area contributed by atoms with E-state index in [0.717, 1.165) is 5.56 Å². The number of nitrogens with one attached hydrogen (secondary N) is 1. The molecule has 0 radical (unpaired) electrons. The molecular formula is C17H18ClN3O3. The van der Waals surface area contributed by atoms with Gasteiger partial charge in [-0.05, 0) is 25.6 Å². The molecule has 2 aromatic rings. The maximum atomic E-state index is 12.1. The first-order chi connectivity index (χ1) is 11.3. The fourth-order valence-corrected chi connectivity index (χ4v) is 2.44. The van der Waals surface area contributed by atoms with E-state index in [0.29, 0.717) is 12.2 Å². The average Bonchev–Trinajstić information content (AvgIpc) is 2.51. The van der Waals surface area contributed by atoms with Crippen LogP contribution >= 0.6 is 11.6 Å². The SMILES string of the molecule is Cc1ccc(CN(C)CC(=O)Nc2ccc([N+](=O)[O-])cc2Cl)cc1. The number of nitro groups is 1. The number of non-ortho nitro benzene ring substituents is 1. The fraction of sp³-hybridized carbons (Fsp3) is 0.235. The lowest BCUT2D eigenvalue weighted by Gasteiger charge is -2.16. The number of rotatable bonds is 6. The minimum absolute atomic E-state index is 0.116. The summed E-state index contributed by atoms with van der Waals surface area (Å²) in [5.41, 5.74) is 2.54. The number of carbonyl (C=O) groups is 1. The molecule has 7 heteroatoms. The van der Waals surface area contributed by atoms with Gasteiger partial charge in [-0.3, -0.25) is 19.8 Å². The lowest BCUT2D eigenvalue weighted by Crippen LogP contribution is -2.29. The smallest absolute Gasteiger partial charge is 0.271 e. The summed E-state index contributed by atoms with van der Waals surface area (Å²) in [4.78, 5) is 24.1. The van der Waals surface area contributed by atoms with Crippen molar-refractivity contribution in [2.75, 3.05) is 18.9 Å². The zero-order valence-corrected chi connectivity index (χ0v) is 14.2. The molecule has 0 heterocycles. The van der Waals surface area contributed by atoms with Crippen molar-refractivity contribution in [2.45, 2.75) is 13.5 Å². The van der Waals surface area contributed by atoms with Crippen LogP contribution in [0.3, 0.4) is 0 Å². The van der Waals surface area contributed by atoms with E-state index >= 15 is 0 Å². The molecule has 126 valence electrons. The molecule has 0 aliphatic rings. The number of amides is 1. The second-order valence-corrected chi connectivity index (χ2v) is 6.03. The zero-order chi connectivity index (χ0) is 17.7. The van der Waals surface area contributed by atoms with Gasteiger partial charge in [0.15, 0.2) is 0 Å². The number of nitrogens with zero attached hydrogens (tertiary/aromatic N) is 2. The molecule has 0 spiro atoms. The summed E-state index contributed by atoms with van der Waals surface area (Å²) in [7, 11) is 1.84. The monoisotopic (exact) mass is 347 g/mol. The summed E-state index contributed by atoms with van der Waals surface area (Å²) in [6.07, 6.45) is 0. The number of benzene rings is 2. The number of likely N-dealkylation sites (N-methyl/N-ethyl adjacent to an activating group) is 1. The van der Waals surface area contributed by atoms with Gasteiger partial charge in [0.25, 0.3) is 5.69 Å². The molecule has 1 N–H and O–H groups in total.